The molecule has 4 aromatic carbocycles. The Morgan fingerprint density at radius 3 is 1.00 bits per heavy atom. The summed E-state index contributed by atoms with van der Waals surface area (Å²) in [6.07, 6.45) is -2.15. The summed E-state index contributed by atoms with van der Waals surface area (Å²) in [4.78, 5) is 0. The first kappa shape index (κ1) is 25.5. The van der Waals surface area contributed by atoms with Gasteiger partial charge in [-0.25, -0.2) is 0 Å². The maximum absolute atomic E-state index is 14.4. The van der Waals surface area contributed by atoms with E-state index in [0.29, 0.717) is 21.2 Å². The first-order valence-corrected chi connectivity index (χ1v) is 15.9. The Bertz CT molecular complexity index is 1250. The molecule has 2 aliphatic heterocycles. The normalized spacial score (nSPS) is 23.3. The van der Waals surface area contributed by atoms with Crippen LogP contribution in [0.4, 0.5) is 0 Å². The molecule has 4 atom stereocenters. The van der Waals surface area contributed by atoms with Crippen molar-refractivity contribution in [3.8, 4) is 0 Å². The van der Waals surface area contributed by atoms with Gasteiger partial charge >= 0.3 is 0 Å². The molecule has 2 fully saturated rings. The fourth-order valence-electron chi connectivity index (χ4n) is 5.03. The van der Waals surface area contributed by atoms with Crippen molar-refractivity contribution >= 4 is 36.0 Å². The number of hydrogen-bond donors (Lipinski definition) is 0. The van der Waals surface area contributed by atoms with Crippen molar-refractivity contribution in [2.45, 2.75) is 24.4 Å². The van der Waals surface area contributed by atoms with Crippen molar-refractivity contribution in [3.05, 3.63) is 121 Å². The summed E-state index contributed by atoms with van der Waals surface area (Å²) in [7, 11) is -6.87. The molecular formula is C30H28O6P2. The van der Waals surface area contributed by atoms with Crippen molar-refractivity contribution in [1.29, 1.82) is 0 Å². The van der Waals surface area contributed by atoms with Gasteiger partial charge in [0.1, 0.15) is 24.4 Å². The second-order valence-electron chi connectivity index (χ2n) is 9.33. The quantitative estimate of drug-likeness (QED) is 0.305. The van der Waals surface area contributed by atoms with E-state index in [-0.39, 0.29) is 13.2 Å². The van der Waals surface area contributed by atoms with Gasteiger partial charge in [-0.3, -0.25) is 9.13 Å². The van der Waals surface area contributed by atoms with E-state index in [4.69, 9.17) is 18.5 Å². The zero-order valence-corrected chi connectivity index (χ0v) is 22.4. The van der Waals surface area contributed by atoms with Crippen molar-refractivity contribution < 1.29 is 27.7 Å². The van der Waals surface area contributed by atoms with Crippen LogP contribution >= 0.6 is 14.7 Å². The van der Waals surface area contributed by atoms with Gasteiger partial charge in [-0.2, -0.15) is 0 Å². The molecular weight excluding hydrogens is 518 g/mol. The van der Waals surface area contributed by atoms with E-state index in [1.54, 1.807) is 0 Å². The molecule has 0 saturated carbocycles. The third-order valence-electron chi connectivity index (χ3n) is 6.91. The summed E-state index contributed by atoms with van der Waals surface area (Å²) in [6.45, 7) is 0.389. The molecule has 2 heterocycles. The van der Waals surface area contributed by atoms with Gasteiger partial charge in [0, 0.05) is 21.2 Å². The second-order valence-corrected chi connectivity index (χ2v) is 14.0. The highest BCUT2D eigenvalue weighted by atomic mass is 31.2. The topological polar surface area (TPSA) is 71.1 Å². The Kier molecular flexibility index (Phi) is 7.20. The van der Waals surface area contributed by atoms with E-state index >= 15 is 0 Å². The Balaban J connectivity index is 1.26. The van der Waals surface area contributed by atoms with E-state index in [1.165, 1.54) is 0 Å². The first-order chi connectivity index (χ1) is 18.6. The van der Waals surface area contributed by atoms with E-state index in [0.717, 1.165) is 0 Å². The van der Waals surface area contributed by atoms with E-state index in [2.05, 4.69) is 0 Å². The van der Waals surface area contributed by atoms with Gasteiger partial charge in [0.05, 0.1) is 13.2 Å². The summed E-state index contributed by atoms with van der Waals surface area (Å²) < 4.78 is 53.9. The number of fused-ring (bicyclic) bond motifs is 1. The van der Waals surface area contributed by atoms with Gasteiger partial charge in [-0.1, -0.05) is 72.8 Å². The fraction of sp³-hybridized carbons (Fsp3) is 0.200. The van der Waals surface area contributed by atoms with Crippen LogP contribution in [0, 0.1) is 0 Å². The minimum atomic E-state index is -3.43. The van der Waals surface area contributed by atoms with Crippen LogP contribution in [0.15, 0.2) is 121 Å². The summed E-state index contributed by atoms with van der Waals surface area (Å²) in [5.41, 5.74) is 0. The average molecular weight is 546 g/mol. The van der Waals surface area contributed by atoms with Crippen molar-refractivity contribution in [2.75, 3.05) is 13.2 Å². The third-order valence-corrected chi connectivity index (χ3v) is 12.0. The summed E-state index contributed by atoms with van der Waals surface area (Å²) in [5, 5.41) is 2.44. The Hall–Kier alpha value is -2.82. The van der Waals surface area contributed by atoms with Crippen molar-refractivity contribution in [2.24, 2.45) is 0 Å². The molecule has 6 nitrogen and oxygen atoms in total. The molecule has 6 rings (SSSR count). The lowest BCUT2D eigenvalue weighted by Crippen LogP contribution is -2.36. The van der Waals surface area contributed by atoms with Gasteiger partial charge in [0.15, 0.2) is 0 Å². The second kappa shape index (κ2) is 10.7. The molecule has 0 aromatic heterocycles. The molecule has 2 saturated heterocycles. The number of ether oxygens (including phenoxy) is 2. The van der Waals surface area contributed by atoms with Crippen molar-refractivity contribution in [1.82, 2.24) is 0 Å². The smallest absolute Gasteiger partial charge is 0.261 e. The largest absolute Gasteiger partial charge is 0.370 e. The summed E-state index contributed by atoms with van der Waals surface area (Å²) in [6, 6.07) is 36.9. The number of rotatable bonds is 8. The highest BCUT2D eigenvalue weighted by Gasteiger charge is 2.53. The Morgan fingerprint density at radius 2 is 0.737 bits per heavy atom. The molecule has 0 N–H and O–H groups in total. The molecule has 8 heteroatoms. The predicted molar refractivity (Wildman–Crippen MR) is 149 cm³/mol. The molecule has 0 bridgehead atoms. The zero-order valence-electron chi connectivity index (χ0n) is 20.6. The van der Waals surface area contributed by atoms with Crippen LogP contribution < -0.4 is 21.2 Å². The lowest BCUT2D eigenvalue weighted by molar-refractivity contribution is 0.0221. The van der Waals surface area contributed by atoms with Crippen LogP contribution in [0.5, 0.6) is 0 Å². The monoisotopic (exact) mass is 546 g/mol. The molecule has 0 amide bonds. The average Bonchev–Trinajstić information content (AvgIpc) is 3.57. The molecule has 194 valence electrons. The standard InChI is InChI=1S/C30H28O6P2/c31-37(23-13-5-1-6-14-23,24-15-7-2-8-16-24)35-27-21-33-30-28(22-34-29(27)30)36-38(32,25-17-9-3-10-18-25)26-19-11-4-12-20-26/h1-20,27-30H,21-22H2. The number of hydrogen-bond acceptors (Lipinski definition) is 6. The van der Waals surface area contributed by atoms with Gasteiger partial charge in [-0.15, -0.1) is 0 Å². The Morgan fingerprint density at radius 1 is 0.474 bits per heavy atom. The third kappa shape index (κ3) is 4.74. The van der Waals surface area contributed by atoms with Crippen LogP contribution in [0.2, 0.25) is 0 Å². The van der Waals surface area contributed by atoms with Gasteiger partial charge in [0.25, 0.3) is 14.7 Å². The predicted octanol–water partition coefficient (Wildman–Crippen LogP) is 4.41. The van der Waals surface area contributed by atoms with Crippen LogP contribution in [0.3, 0.4) is 0 Å². The summed E-state index contributed by atoms with van der Waals surface area (Å²) >= 11 is 0. The van der Waals surface area contributed by atoms with Gasteiger partial charge in [0.2, 0.25) is 0 Å². The first-order valence-electron chi connectivity index (χ1n) is 12.6. The minimum absolute atomic E-state index is 0.194. The highest BCUT2D eigenvalue weighted by molar-refractivity contribution is 7.74. The van der Waals surface area contributed by atoms with Crippen LogP contribution in [-0.2, 0) is 27.7 Å². The van der Waals surface area contributed by atoms with Crippen LogP contribution in [0.25, 0.3) is 0 Å². The molecule has 0 aliphatic carbocycles. The Labute approximate surface area is 222 Å². The van der Waals surface area contributed by atoms with Crippen LogP contribution in [-0.4, -0.2) is 37.6 Å². The van der Waals surface area contributed by atoms with Gasteiger partial charge in [-0.05, 0) is 48.5 Å². The van der Waals surface area contributed by atoms with Crippen molar-refractivity contribution in [3.63, 3.8) is 0 Å². The van der Waals surface area contributed by atoms with E-state index in [1.807, 2.05) is 121 Å². The molecule has 2 aliphatic rings. The zero-order chi connectivity index (χ0) is 26.0. The van der Waals surface area contributed by atoms with E-state index < -0.39 is 39.2 Å². The molecule has 0 spiro atoms. The minimum Gasteiger partial charge on any atom is -0.370 e. The van der Waals surface area contributed by atoms with Crippen LogP contribution in [0.1, 0.15) is 0 Å². The van der Waals surface area contributed by atoms with E-state index in [9.17, 15) is 9.13 Å². The maximum Gasteiger partial charge on any atom is 0.261 e. The summed E-state index contributed by atoms with van der Waals surface area (Å²) in [5.74, 6) is 0. The maximum atomic E-state index is 14.4. The lowest BCUT2D eigenvalue weighted by atomic mass is 10.1. The SMILES string of the molecule is O=P(OC1COC2C(OP(=O)(c3ccccc3)c3ccccc3)COC12)(c1ccccc1)c1ccccc1. The molecule has 0 radical (unpaired) electrons. The molecule has 38 heavy (non-hydrogen) atoms. The lowest BCUT2D eigenvalue weighted by Gasteiger charge is -2.25. The fourth-order valence-corrected chi connectivity index (χ4v) is 9.50. The molecule has 4 unspecified atom stereocenters. The highest BCUT2D eigenvalue weighted by Crippen LogP contribution is 2.51. The number of benzene rings is 4. The van der Waals surface area contributed by atoms with Gasteiger partial charge < -0.3 is 18.5 Å². The molecule has 4 aromatic rings.